The van der Waals surface area contributed by atoms with Crippen molar-refractivity contribution < 1.29 is 9.53 Å². The zero-order chi connectivity index (χ0) is 17.9. The number of aromatic nitrogens is 1. The minimum Gasteiger partial charge on any atom is -0.381 e. The molecule has 0 radical (unpaired) electrons. The molecule has 3 rings (SSSR count). The predicted octanol–water partition coefficient (Wildman–Crippen LogP) is 3.72. The highest BCUT2D eigenvalue weighted by molar-refractivity contribution is 5.94. The van der Waals surface area contributed by atoms with Crippen molar-refractivity contribution in [2.24, 2.45) is 0 Å². The molecule has 0 aliphatic carbocycles. The van der Waals surface area contributed by atoms with Gasteiger partial charge in [-0.3, -0.25) is 4.79 Å². The van der Waals surface area contributed by atoms with Crippen LogP contribution in [0.3, 0.4) is 0 Å². The maximum absolute atomic E-state index is 12.6. The van der Waals surface area contributed by atoms with E-state index in [4.69, 9.17) is 4.74 Å². The van der Waals surface area contributed by atoms with Gasteiger partial charge in [0.25, 0.3) is 5.91 Å². The fourth-order valence-electron chi connectivity index (χ4n) is 3.42. The number of benzene rings is 1. The van der Waals surface area contributed by atoms with Crippen molar-refractivity contribution in [3.8, 4) is 0 Å². The van der Waals surface area contributed by atoms with Gasteiger partial charge in [0, 0.05) is 43.1 Å². The summed E-state index contributed by atoms with van der Waals surface area (Å²) in [5, 5.41) is 3.16. The Morgan fingerprint density at radius 3 is 2.44 bits per heavy atom. The summed E-state index contributed by atoms with van der Waals surface area (Å²) < 4.78 is 7.64. The van der Waals surface area contributed by atoms with Crippen molar-refractivity contribution in [3.63, 3.8) is 0 Å². The normalized spacial score (nSPS) is 17.2. The molecule has 1 amide bonds. The van der Waals surface area contributed by atoms with E-state index in [1.165, 1.54) is 5.56 Å². The summed E-state index contributed by atoms with van der Waals surface area (Å²) in [5.41, 5.74) is 1.93. The van der Waals surface area contributed by atoms with Crippen LogP contribution in [0.4, 0.5) is 0 Å². The minimum absolute atomic E-state index is 0.00945. The third kappa shape index (κ3) is 3.96. The first-order valence-electron chi connectivity index (χ1n) is 9.01. The van der Waals surface area contributed by atoms with Crippen LogP contribution in [0.25, 0.3) is 0 Å². The van der Waals surface area contributed by atoms with Gasteiger partial charge in [-0.2, -0.15) is 0 Å². The van der Waals surface area contributed by atoms with Gasteiger partial charge in [-0.05, 0) is 45.2 Å². The number of hydrogen-bond donors (Lipinski definition) is 1. The third-order valence-electron chi connectivity index (χ3n) is 5.15. The molecule has 1 aliphatic heterocycles. The van der Waals surface area contributed by atoms with Gasteiger partial charge in [-0.1, -0.05) is 30.3 Å². The van der Waals surface area contributed by atoms with Gasteiger partial charge in [0.15, 0.2) is 0 Å². The van der Waals surface area contributed by atoms with Gasteiger partial charge in [-0.15, -0.1) is 0 Å². The van der Waals surface area contributed by atoms with E-state index in [-0.39, 0.29) is 16.9 Å². The largest absolute Gasteiger partial charge is 0.381 e. The summed E-state index contributed by atoms with van der Waals surface area (Å²) in [4.78, 5) is 12.6. The number of nitrogens with one attached hydrogen (secondary N) is 1. The molecule has 1 saturated heterocycles. The number of carbonyl (C=O) groups is 1. The smallest absolute Gasteiger partial charge is 0.252 e. The quantitative estimate of drug-likeness (QED) is 0.922. The molecular formula is C21H28N2O2. The lowest BCUT2D eigenvalue weighted by Gasteiger charge is -2.38. The molecule has 2 heterocycles. The molecule has 0 spiro atoms. The molecule has 4 heteroatoms. The number of hydrogen-bond acceptors (Lipinski definition) is 2. The second kappa shape index (κ2) is 7.04. The summed E-state index contributed by atoms with van der Waals surface area (Å²) in [6.45, 7) is 8.50. The highest BCUT2D eigenvalue weighted by Gasteiger charge is 2.34. The minimum atomic E-state index is -0.0399. The third-order valence-corrected chi connectivity index (χ3v) is 5.15. The van der Waals surface area contributed by atoms with Crippen molar-refractivity contribution in [3.05, 3.63) is 59.9 Å². The van der Waals surface area contributed by atoms with Crippen LogP contribution in [0.15, 0.2) is 48.8 Å². The molecular weight excluding hydrogens is 312 g/mol. The zero-order valence-corrected chi connectivity index (χ0v) is 15.4. The van der Waals surface area contributed by atoms with E-state index in [0.29, 0.717) is 12.1 Å². The van der Waals surface area contributed by atoms with Crippen LogP contribution in [0.5, 0.6) is 0 Å². The average molecular weight is 340 g/mol. The molecule has 1 N–H and O–H groups in total. The number of rotatable bonds is 4. The maximum atomic E-state index is 12.6. The molecule has 0 bridgehead atoms. The number of carbonyl (C=O) groups excluding carboxylic acids is 1. The fraction of sp³-hybridized carbons (Fsp3) is 0.476. The topological polar surface area (TPSA) is 43.3 Å². The lowest BCUT2D eigenvalue weighted by atomic mass is 9.74. The van der Waals surface area contributed by atoms with Crippen LogP contribution in [-0.4, -0.2) is 30.2 Å². The van der Waals surface area contributed by atoms with Gasteiger partial charge in [0.1, 0.15) is 0 Å². The predicted molar refractivity (Wildman–Crippen MR) is 99.9 cm³/mol. The number of nitrogens with zero attached hydrogens (tertiary/aromatic N) is 1. The fourth-order valence-corrected chi connectivity index (χ4v) is 3.42. The second-order valence-electron chi connectivity index (χ2n) is 7.92. The second-order valence-corrected chi connectivity index (χ2v) is 7.92. The Hall–Kier alpha value is -2.07. The first kappa shape index (κ1) is 17.7. The van der Waals surface area contributed by atoms with E-state index in [1.807, 2.05) is 24.5 Å². The van der Waals surface area contributed by atoms with Crippen molar-refractivity contribution in [2.75, 3.05) is 19.8 Å². The highest BCUT2D eigenvalue weighted by Crippen LogP contribution is 2.34. The summed E-state index contributed by atoms with van der Waals surface area (Å²) in [6.07, 6.45) is 5.76. The molecule has 0 saturated carbocycles. The molecule has 1 aromatic heterocycles. The lowest BCUT2D eigenvalue weighted by molar-refractivity contribution is 0.0487. The van der Waals surface area contributed by atoms with E-state index in [9.17, 15) is 4.79 Å². The van der Waals surface area contributed by atoms with Crippen LogP contribution >= 0.6 is 0 Å². The van der Waals surface area contributed by atoms with E-state index in [2.05, 4.69) is 54.9 Å². The molecule has 1 fully saturated rings. The molecule has 1 aliphatic rings. The molecule has 1 aromatic carbocycles. The van der Waals surface area contributed by atoms with Crippen LogP contribution in [0, 0.1) is 0 Å². The Labute approximate surface area is 150 Å². The Morgan fingerprint density at radius 2 is 1.84 bits per heavy atom. The van der Waals surface area contributed by atoms with E-state index in [0.717, 1.165) is 26.1 Å². The average Bonchev–Trinajstić information content (AvgIpc) is 3.12. The van der Waals surface area contributed by atoms with Gasteiger partial charge in [-0.25, -0.2) is 0 Å². The van der Waals surface area contributed by atoms with Gasteiger partial charge < -0.3 is 14.6 Å². The van der Waals surface area contributed by atoms with Crippen molar-refractivity contribution >= 4 is 5.91 Å². The monoisotopic (exact) mass is 340 g/mol. The standard InChI is InChI=1S/C21H28N2O2/c1-20(2,3)23-12-9-17(15-23)19(24)22-16-21(10-13-25-14-11-21)18-7-5-4-6-8-18/h4-9,12,15H,10-11,13-14,16H2,1-3H3,(H,22,24). The maximum Gasteiger partial charge on any atom is 0.252 e. The van der Waals surface area contributed by atoms with Gasteiger partial charge >= 0.3 is 0 Å². The van der Waals surface area contributed by atoms with Crippen molar-refractivity contribution in [2.45, 2.75) is 44.6 Å². The molecule has 0 atom stereocenters. The summed E-state index contributed by atoms with van der Waals surface area (Å²) in [6, 6.07) is 12.4. The van der Waals surface area contributed by atoms with Crippen LogP contribution in [0.1, 0.15) is 49.5 Å². The zero-order valence-electron chi connectivity index (χ0n) is 15.4. The van der Waals surface area contributed by atoms with E-state index >= 15 is 0 Å². The number of ether oxygens (including phenoxy) is 1. The molecule has 134 valence electrons. The van der Waals surface area contributed by atoms with Gasteiger partial charge in [0.05, 0.1) is 5.56 Å². The summed E-state index contributed by atoms with van der Waals surface area (Å²) >= 11 is 0. The Morgan fingerprint density at radius 1 is 1.16 bits per heavy atom. The van der Waals surface area contributed by atoms with Crippen molar-refractivity contribution in [1.82, 2.24) is 9.88 Å². The Bertz CT molecular complexity index is 707. The Balaban J connectivity index is 1.73. The van der Waals surface area contributed by atoms with Crippen LogP contribution in [-0.2, 0) is 15.7 Å². The molecule has 4 nitrogen and oxygen atoms in total. The summed E-state index contributed by atoms with van der Waals surface area (Å²) in [5.74, 6) is -0.00945. The highest BCUT2D eigenvalue weighted by atomic mass is 16.5. The van der Waals surface area contributed by atoms with Crippen LogP contribution < -0.4 is 5.32 Å². The molecule has 25 heavy (non-hydrogen) atoms. The van der Waals surface area contributed by atoms with Crippen LogP contribution in [0.2, 0.25) is 0 Å². The molecule has 0 unspecified atom stereocenters. The van der Waals surface area contributed by atoms with E-state index in [1.54, 1.807) is 0 Å². The lowest BCUT2D eigenvalue weighted by Crippen LogP contribution is -2.44. The Kier molecular flexibility index (Phi) is 5.00. The SMILES string of the molecule is CC(C)(C)n1ccc(C(=O)NCC2(c3ccccc3)CCOCC2)c1. The van der Waals surface area contributed by atoms with E-state index < -0.39 is 0 Å². The summed E-state index contributed by atoms with van der Waals surface area (Å²) in [7, 11) is 0. The van der Waals surface area contributed by atoms with Crippen molar-refractivity contribution in [1.29, 1.82) is 0 Å². The molecule has 2 aromatic rings. The first-order chi connectivity index (χ1) is 11.9. The van der Waals surface area contributed by atoms with Gasteiger partial charge in [0.2, 0.25) is 0 Å². The number of amides is 1. The first-order valence-corrected chi connectivity index (χ1v) is 9.01.